The molecule has 0 radical (unpaired) electrons. The van der Waals surface area contributed by atoms with Crippen LogP contribution in [0.1, 0.15) is 44.9 Å². The number of nitrogens with zero attached hydrogens (tertiary/aromatic N) is 2. The number of aromatic nitrogens is 2. The van der Waals surface area contributed by atoms with Crippen molar-refractivity contribution in [3.8, 4) is 0 Å². The van der Waals surface area contributed by atoms with Gasteiger partial charge in [0.1, 0.15) is 0 Å². The molecule has 92 valence electrons. The van der Waals surface area contributed by atoms with Crippen molar-refractivity contribution < 1.29 is 0 Å². The van der Waals surface area contributed by atoms with Crippen LogP contribution in [-0.4, -0.2) is 16.3 Å². The molecule has 0 bridgehead atoms. The van der Waals surface area contributed by atoms with Gasteiger partial charge in [-0.2, -0.15) is 5.10 Å². The maximum absolute atomic E-state index is 4.58. The van der Waals surface area contributed by atoms with Gasteiger partial charge >= 0.3 is 0 Å². The lowest BCUT2D eigenvalue weighted by atomic mass is 10.0. The van der Waals surface area contributed by atoms with Crippen LogP contribution in [0.3, 0.4) is 0 Å². The summed E-state index contributed by atoms with van der Waals surface area (Å²) in [5, 5.41) is 7.92. The molecule has 0 aromatic carbocycles. The van der Waals surface area contributed by atoms with Gasteiger partial charge in [0.2, 0.25) is 0 Å². The summed E-state index contributed by atoms with van der Waals surface area (Å²) in [6.45, 7) is 11.7. The molecule has 0 amide bonds. The van der Waals surface area contributed by atoms with Gasteiger partial charge in [0.05, 0.1) is 5.69 Å². The molecule has 0 spiro atoms. The largest absolute Gasteiger partial charge is 0.313 e. The lowest BCUT2D eigenvalue weighted by molar-refractivity contribution is 0.395. The first-order valence-corrected chi connectivity index (χ1v) is 6.44. The van der Waals surface area contributed by atoms with Crippen LogP contribution in [-0.2, 0) is 13.1 Å². The molecule has 1 rings (SSSR count). The van der Waals surface area contributed by atoms with Gasteiger partial charge < -0.3 is 5.32 Å². The average molecular weight is 223 g/mol. The minimum Gasteiger partial charge on any atom is -0.313 e. The molecule has 16 heavy (non-hydrogen) atoms. The van der Waals surface area contributed by atoms with Gasteiger partial charge in [0.15, 0.2) is 0 Å². The fourth-order valence-corrected chi connectivity index (χ4v) is 1.90. The lowest BCUT2D eigenvalue weighted by Gasteiger charge is -2.11. The van der Waals surface area contributed by atoms with Crippen LogP contribution in [0.2, 0.25) is 0 Å². The first-order valence-electron chi connectivity index (χ1n) is 6.44. The van der Waals surface area contributed by atoms with Gasteiger partial charge in [-0.05, 0) is 19.4 Å². The molecule has 0 fully saturated rings. The van der Waals surface area contributed by atoms with Crippen LogP contribution < -0.4 is 5.32 Å². The lowest BCUT2D eigenvalue weighted by Crippen LogP contribution is -2.12. The summed E-state index contributed by atoms with van der Waals surface area (Å²) in [4.78, 5) is 0. The molecule has 0 saturated carbocycles. The Bertz CT molecular complexity index is 300. The highest BCUT2D eigenvalue weighted by atomic mass is 15.3. The van der Waals surface area contributed by atoms with Gasteiger partial charge in [-0.1, -0.05) is 33.6 Å². The third-order valence-electron chi connectivity index (χ3n) is 3.21. The van der Waals surface area contributed by atoms with Crippen LogP contribution in [0.25, 0.3) is 0 Å². The second-order valence-electron chi connectivity index (χ2n) is 4.42. The maximum atomic E-state index is 4.58. The smallest absolute Gasteiger partial charge is 0.0638 e. The van der Waals surface area contributed by atoms with Crippen molar-refractivity contribution in [2.24, 2.45) is 5.92 Å². The highest BCUT2D eigenvalue weighted by molar-refractivity contribution is 5.15. The molecule has 0 atom stereocenters. The third kappa shape index (κ3) is 3.63. The Kier molecular flexibility index (Phi) is 5.53. The Hall–Kier alpha value is -0.830. The summed E-state index contributed by atoms with van der Waals surface area (Å²) in [6.07, 6.45) is 4.66. The van der Waals surface area contributed by atoms with Crippen molar-refractivity contribution in [2.45, 2.75) is 53.6 Å². The van der Waals surface area contributed by atoms with Crippen LogP contribution in [0.4, 0.5) is 0 Å². The molecular weight excluding hydrogens is 198 g/mol. The fourth-order valence-electron chi connectivity index (χ4n) is 1.90. The molecule has 3 heteroatoms. The van der Waals surface area contributed by atoms with Crippen molar-refractivity contribution in [2.75, 3.05) is 6.54 Å². The minimum absolute atomic E-state index is 0.756. The molecule has 0 saturated heterocycles. The number of rotatable bonds is 7. The van der Waals surface area contributed by atoms with Crippen molar-refractivity contribution in [1.82, 2.24) is 15.1 Å². The molecule has 1 aromatic heterocycles. The standard InChI is InChI=1S/C13H25N3/c1-5-12(6-2)9-16-10-13(8-14-7-3)11(4)15-16/h10,12,14H,5-9H2,1-4H3. The fraction of sp³-hybridized carbons (Fsp3) is 0.769. The predicted octanol–water partition coefficient (Wildman–Crippen LogP) is 2.74. The summed E-state index contributed by atoms with van der Waals surface area (Å²) in [7, 11) is 0. The van der Waals surface area contributed by atoms with E-state index in [0.717, 1.165) is 31.2 Å². The van der Waals surface area contributed by atoms with Gasteiger partial charge in [0.25, 0.3) is 0 Å². The Morgan fingerprint density at radius 3 is 2.56 bits per heavy atom. The van der Waals surface area contributed by atoms with Crippen molar-refractivity contribution in [3.63, 3.8) is 0 Å². The molecule has 3 nitrogen and oxygen atoms in total. The minimum atomic E-state index is 0.756. The Morgan fingerprint density at radius 2 is 2.00 bits per heavy atom. The number of nitrogens with one attached hydrogen (secondary N) is 1. The second-order valence-corrected chi connectivity index (χ2v) is 4.42. The molecular formula is C13H25N3. The van der Waals surface area contributed by atoms with Crippen LogP contribution in [0.15, 0.2) is 6.20 Å². The van der Waals surface area contributed by atoms with E-state index in [2.05, 4.69) is 49.0 Å². The molecule has 0 aliphatic heterocycles. The Labute approximate surface area is 99.2 Å². The predicted molar refractivity (Wildman–Crippen MR) is 68.4 cm³/mol. The SMILES string of the molecule is CCNCc1cn(CC(CC)CC)nc1C. The highest BCUT2D eigenvalue weighted by Gasteiger charge is 2.08. The summed E-state index contributed by atoms with van der Waals surface area (Å²) in [6, 6.07) is 0. The highest BCUT2D eigenvalue weighted by Crippen LogP contribution is 2.12. The van der Waals surface area contributed by atoms with Gasteiger partial charge in [-0.3, -0.25) is 4.68 Å². The quantitative estimate of drug-likeness (QED) is 0.770. The van der Waals surface area contributed by atoms with Crippen molar-refractivity contribution in [3.05, 3.63) is 17.5 Å². The van der Waals surface area contributed by atoms with Gasteiger partial charge in [-0.15, -0.1) is 0 Å². The molecule has 0 aliphatic carbocycles. The second kappa shape index (κ2) is 6.69. The zero-order valence-electron chi connectivity index (χ0n) is 11.1. The maximum Gasteiger partial charge on any atom is 0.0638 e. The zero-order chi connectivity index (χ0) is 12.0. The van der Waals surface area contributed by atoms with Gasteiger partial charge in [0, 0.05) is 24.8 Å². The van der Waals surface area contributed by atoms with E-state index >= 15 is 0 Å². The van der Waals surface area contributed by atoms with Crippen LogP contribution in [0, 0.1) is 12.8 Å². The van der Waals surface area contributed by atoms with E-state index in [-0.39, 0.29) is 0 Å². The van der Waals surface area contributed by atoms with Crippen molar-refractivity contribution >= 4 is 0 Å². The molecule has 1 heterocycles. The zero-order valence-corrected chi connectivity index (χ0v) is 11.1. The third-order valence-corrected chi connectivity index (χ3v) is 3.21. The van der Waals surface area contributed by atoms with E-state index < -0.39 is 0 Å². The van der Waals surface area contributed by atoms with E-state index in [1.54, 1.807) is 0 Å². The molecule has 0 aliphatic rings. The Balaban J connectivity index is 2.61. The van der Waals surface area contributed by atoms with E-state index in [1.165, 1.54) is 18.4 Å². The summed E-state index contributed by atoms with van der Waals surface area (Å²) in [5.41, 5.74) is 2.49. The van der Waals surface area contributed by atoms with E-state index in [9.17, 15) is 0 Å². The average Bonchev–Trinajstić information content (AvgIpc) is 2.64. The van der Waals surface area contributed by atoms with Gasteiger partial charge in [-0.25, -0.2) is 0 Å². The molecule has 1 N–H and O–H groups in total. The van der Waals surface area contributed by atoms with E-state index in [4.69, 9.17) is 0 Å². The van der Waals surface area contributed by atoms with E-state index in [0.29, 0.717) is 0 Å². The first-order chi connectivity index (χ1) is 7.71. The Morgan fingerprint density at radius 1 is 1.31 bits per heavy atom. The summed E-state index contributed by atoms with van der Waals surface area (Å²) < 4.78 is 2.11. The number of hydrogen-bond acceptors (Lipinski definition) is 2. The topological polar surface area (TPSA) is 29.9 Å². The van der Waals surface area contributed by atoms with Crippen LogP contribution >= 0.6 is 0 Å². The monoisotopic (exact) mass is 223 g/mol. The van der Waals surface area contributed by atoms with Crippen LogP contribution in [0.5, 0.6) is 0 Å². The number of aryl methyl sites for hydroxylation is 1. The molecule has 1 aromatic rings. The number of hydrogen-bond donors (Lipinski definition) is 1. The summed E-state index contributed by atoms with van der Waals surface area (Å²) in [5.74, 6) is 0.756. The first kappa shape index (κ1) is 13.2. The summed E-state index contributed by atoms with van der Waals surface area (Å²) >= 11 is 0. The van der Waals surface area contributed by atoms with Crippen molar-refractivity contribution in [1.29, 1.82) is 0 Å². The molecule has 0 unspecified atom stereocenters. The van der Waals surface area contributed by atoms with E-state index in [1.807, 2.05) is 0 Å². The normalized spacial score (nSPS) is 11.3.